The van der Waals surface area contributed by atoms with Gasteiger partial charge in [-0.3, -0.25) is 4.99 Å². The second kappa shape index (κ2) is 11.3. The first-order valence-electron chi connectivity index (χ1n) is 10.5. The number of unbranched alkanes of at least 4 members (excludes halogenated alkanes) is 2. The number of hydrogen-bond acceptors (Lipinski definition) is 4. The van der Waals surface area contributed by atoms with Gasteiger partial charge in [0.1, 0.15) is 5.76 Å². The van der Waals surface area contributed by atoms with Gasteiger partial charge in [0.25, 0.3) is 0 Å². The number of rotatable bonds is 9. The summed E-state index contributed by atoms with van der Waals surface area (Å²) in [5, 5.41) is 6.60. The molecule has 2 N–H and O–H groups in total. The van der Waals surface area contributed by atoms with E-state index < -0.39 is 0 Å². The predicted molar refractivity (Wildman–Crippen MR) is 110 cm³/mol. The highest BCUT2D eigenvalue weighted by Crippen LogP contribution is 2.22. The molecule has 0 radical (unpaired) electrons. The maximum absolute atomic E-state index is 5.97. The van der Waals surface area contributed by atoms with Crippen LogP contribution in [0.2, 0.25) is 0 Å². The second-order valence-electron chi connectivity index (χ2n) is 8.41. The molecule has 1 aliphatic carbocycles. The van der Waals surface area contributed by atoms with E-state index in [0.717, 1.165) is 37.7 Å². The summed E-state index contributed by atoms with van der Waals surface area (Å²) in [6.45, 7) is 8.69. The first kappa shape index (κ1) is 21.7. The smallest absolute Gasteiger partial charge is 0.213 e. The van der Waals surface area contributed by atoms with Crippen molar-refractivity contribution in [2.75, 3.05) is 20.2 Å². The summed E-state index contributed by atoms with van der Waals surface area (Å²) in [6.07, 6.45) is 12.3. The van der Waals surface area contributed by atoms with Crippen LogP contribution in [0.3, 0.4) is 0 Å². The fraction of sp³-hybridized carbons (Fsp3) is 0.810. The Balaban J connectivity index is 1.53. The number of nitrogens with zero attached hydrogens (tertiary/aromatic N) is 2. The van der Waals surface area contributed by atoms with E-state index in [1.54, 1.807) is 7.05 Å². The molecule has 6 heteroatoms. The van der Waals surface area contributed by atoms with Crippen LogP contribution < -0.4 is 10.6 Å². The molecule has 0 bridgehead atoms. The van der Waals surface area contributed by atoms with Crippen LogP contribution in [0.1, 0.15) is 83.8 Å². The van der Waals surface area contributed by atoms with Crippen molar-refractivity contribution >= 4 is 5.96 Å². The van der Waals surface area contributed by atoms with Crippen LogP contribution in [-0.2, 0) is 16.7 Å². The molecule has 154 valence electrons. The van der Waals surface area contributed by atoms with Crippen molar-refractivity contribution in [2.45, 2.75) is 90.2 Å². The molecule has 6 nitrogen and oxygen atoms in total. The first-order chi connectivity index (χ1) is 13.0. The highest BCUT2D eigenvalue weighted by Gasteiger charge is 2.19. The topological polar surface area (TPSA) is 71.7 Å². The van der Waals surface area contributed by atoms with E-state index in [2.05, 4.69) is 41.4 Å². The van der Waals surface area contributed by atoms with Gasteiger partial charge in [-0.05, 0) is 32.1 Å². The van der Waals surface area contributed by atoms with E-state index in [1.165, 1.54) is 38.5 Å². The fourth-order valence-corrected chi connectivity index (χ4v) is 3.21. The number of ether oxygens (including phenoxy) is 1. The zero-order valence-electron chi connectivity index (χ0n) is 17.6. The normalized spacial score (nSPS) is 16.5. The molecule has 1 fully saturated rings. The van der Waals surface area contributed by atoms with Crippen LogP contribution in [0, 0.1) is 0 Å². The van der Waals surface area contributed by atoms with E-state index in [1.807, 2.05) is 6.20 Å². The number of aromatic nitrogens is 1. The zero-order chi connectivity index (χ0) is 19.5. The van der Waals surface area contributed by atoms with Crippen LogP contribution in [0.25, 0.3) is 0 Å². The Hall–Kier alpha value is -1.56. The van der Waals surface area contributed by atoms with Gasteiger partial charge in [0, 0.05) is 25.6 Å². The van der Waals surface area contributed by atoms with E-state index in [-0.39, 0.29) is 5.41 Å². The summed E-state index contributed by atoms with van der Waals surface area (Å²) >= 11 is 0. The lowest BCUT2D eigenvalue weighted by atomic mass is 9.94. The molecule has 0 saturated heterocycles. The average Bonchev–Trinajstić information content (AvgIpc) is 3.14. The van der Waals surface area contributed by atoms with Crippen molar-refractivity contribution in [1.82, 2.24) is 15.6 Å². The Morgan fingerprint density at radius 1 is 1.19 bits per heavy atom. The number of nitrogens with one attached hydrogen (secondary N) is 2. The predicted octanol–water partition coefficient (Wildman–Crippen LogP) is 4.16. The van der Waals surface area contributed by atoms with Crippen molar-refractivity contribution < 1.29 is 9.15 Å². The molecule has 1 aromatic heterocycles. The molecular weight excluding hydrogens is 340 g/mol. The van der Waals surface area contributed by atoms with Gasteiger partial charge in [-0.15, -0.1) is 0 Å². The van der Waals surface area contributed by atoms with Crippen LogP contribution in [-0.4, -0.2) is 37.2 Å². The summed E-state index contributed by atoms with van der Waals surface area (Å²) in [7, 11) is 1.78. The highest BCUT2D eigenvalue weighted by molar-refractivity contribution is 5.79. The summed E-state index contributed by atoms with van der Waals surface area (Å²) in [5.41, 5.74) is -0.0219. The van der Waals surface area contributed by atoms with E-state index in [0.29, 0.717) is 18.5 Å². The van der Waals surface area contributed by atoms with E-state index in [9.17, 15) is 0 Å². The van der Waals surface area contributed by atoms with E-state index >= 15 is 0 Å². The summed E-state index contributed by atoms with van der Waals surface area (Å²) in [4.78, 5) is 8.59. The number of hydrogen-bond donors (Lipinski definition) is 2. The van der Waals surface area contributed by atoms with Crippen molar-refractivity contribution in [3.63, 3.8) is 0 Å². The molecule has 2 rings (SSSR count). The molecule has 0 amide bonds. The van der Waals surface area contributed by atoms with Crippen LogP contribution in [0.4, 0.5) is 0 Å². The standard InChI is InChI=1S/C21H38N4O2/c1-21(2,3)18-15-24-19(27-18)16-25-20(22-4)23-13-9-6-10-14-26-17-11-7-5-8-12-17/h15,17H,5-14,16H2,1-4H3,(H2,22,23,25). The minimum atomic E-state index is -0.0219. The highest BCUT2D eigenvalue weighted by atomic mass is 16.5. The number of guanidine groups is 1. The van der Waals surface area contributed by atoms with Gasteiger partial charge in [0.2, 0.25) is 5.89 Å². The molecular formula is C21H38N4O2. The Kier molecular flexibility index (Phi) is 9.11. The van der Waals surface area contributed by atoms with Crippen molar-refractivity contribution in [3.05, 3.63) is 17.8 Å². The minimum Gasteiger partial charge on any atom is -0.443 e. The van der Waals surface area contributed by atoms with Gasteiger partial charge in [-0.1, -0.05) is 40.0 Å². The van der Waals surface area contributed by atoms with Crippen molar-refractivity contribution in [3.8, 4) is 0 Å². The van der Waals surface area contributed by atoms with Gasteiger partial charge in [-0.25, -0.2) is 4.98 Å². The zero-order valence-corrected chi connectivity index (χ0v) is 17.6. The monoisotopic (exact) mass is 378 g/mol. The molecule has 0 aromatic carbocycles. The molecule has 0 spiro atoms. The Labute approximate surface area is 164 Å². The largest absolute Gasteiger partial charge is 0.443 e. The number of aliphatic imine (C=N–C) groups is 1. The third kappa shape index (κ3) is 8.33. The van der Waals surface area contributed by atoms with Gasteiger partial charge in [0.05, 0.1) is 18.8 Å². The number of oxazole rings is 1. The molecule has 1 heterocycles. The summed E-state index contributed by atoms with van der Waals surface area (Å²) in [6, 6.07) is 0. The van der Waals surface area contributed by atoms with Gasteiger partial charge in [0.15, 0.2) is 5.96 Å². The maximum Gasteiger partial charge on any atom is 0.213 e. The SMILES string of the molecule is CN=C(NCCCCCOC1CCCCC1)NCc1ncc(C(C)(C)C)o1. The van der Waals surface area contributed by atoms with Crippen LogP contribution in [0.5, 0.6) is 0 Å². The van der Waals surface area contributed by atoms with Crippen LogP contribution >= 0.6 is 0 Å². The van der Waals surface area contributed by atoms with E-state index in [4.69, 9.17) is 9.15 Å². The molecule has 1 saturated carbocycles. The lowest BCUT2D eigenvalue weighted by molar-refractivity contribution is 0.0264. The molecule has 0 unspecified atom stereocenters. The molecule has 1 aliphatic rings. The quantitative estimate of drug-likeness (QED) is 0.384. The Morgan fingerprint density at radius 3 is 2.63 bits per heavy atom. The Bertz CT molecular complexity index is 557. The minimum absolute atomic E-state index is 0.0219. The van der Waals surface area contributed by atoms with Gasteiger partial charge >= 0.3 is 0 Å². The third-order valence-corrected chi connectivity index (χ3v) is 4.94. The molecule has 0 atom stereocenters. The first-order valence-corrected chi connectivity index (χ1v) is 10.5. The molecule has 1 aromatic rings. The van der Waals surface area contributed by atoms with Crippen molar-refractivity contribution in [2.24, 2.45) is 4.99 Å². The summed E-state index contributed by atoms with van der Waals surface area (Å²) < 4.78 is 11.8. The van der Waals surface area contributed by atoms with Crippen LogP contribution in [0.15, 0.2) is 15.6 Å². The van der Waals surface area contributed by atoms with Crippen molar-refractivity contribution in [1.29, 1.82) is 0 Å². The lowest BCUT2D eigenvalue weighted by Gasteiger charge is -2.21. The Morgan fingerprint density at radius 2 is 1.96 bits per heavy atom. The van der Waals surface area contributed by atoms with Gasteiger partial charge in [-0.2, -0.15) is 0 Å². The lowest BCUT2D eigenvalue weighted by Crippen LogP contribution is -2.37. The molecule has 0 aliphatic heterocycles. The fourth-order valence-electron chi connectivity index (χ4n) is 3.21. The summed E-state index contributed by atoms with van der Waals surface area (Å²) in [5.74, 6) is 2.37. The third-order valence-electron chi connectivity index (χ3n) is 4.94. The maximum atomic E-state index is 5.97. The molecule has 27 heavy (non-hydrogen) atoms. The average molecular weight is 379 g/mol. The second-order valence-corrected chi connectivity index (χ2v) is 8.41. The van der Waals surface area contributed by atoms with Gasteiger partial charge < -0.3 is 19.8 Å².